The molecule has 0 fully saturated rings. The molecular weight excluding hydrogens is 248 g/mol. The Balaban J connectivity index is 2.07. The SMILES string of the molecule is Cc1ccccc1C(=O)NCc1ccc(F)cc1F. The van der Waals surface area contributed by atoms with Crippen molar-refractivity contribution >= 4 is 5.91 Å². The van der Waals surface area contributed by atoms with E-state index < -0.39 is 11.6 Å². The van der Waals surface area contributed by atoms with Gasteiger partial charge < -0.3 is 5.32 Å². The van der Waals surface area contributed by atoms with Crippen LogP contribution in [0.15, 0.2) is 42.5 Å². The van der Waals surface area contributed by atoms with Gasteiger partial charge in [-0.1, -0.05) is 24.3 Å². The van der Waals surface area contributed by atoms with Crippen molar-refractivity contribution in [2.75, 3.05) is 0 Å². The fourth-order valence-electron chi connectivity index (χ4n) is 1.76. The summed E-state index contributed by atoms with van der Waals surface area (Å²) in [5.74, 6) is -1.57. The van der Waals surface area contributed by atoms with Gasteiger partial charge in [0.25, 0.3) is 5.91 Å². The predicted molar refractivity (Wildman–Crippen MR) is 68.7 cm³/mol. The zero-order chi connectivity index (χ0) is 13.8. The maximum absolute atomic E-state index is 13.4. The first kappa shape index (κ1) is 13.2. The molecule has 2 nitrogen and oxygen atoms in total. The Morgan fingerprint density at radius 1 is 1.16 bits per heavy atom. The molecule has 0 aliphatic carbocycles. The lowest BCUT2D eigenvalue weighted by Gasteiger charge is -2.08. The summed E-state index contributed by atoms with van der Waals surface area (Å²) >= 11 is 0. The van der Waals surface area contributed by atoms with Gasteiger partial charge in [-0.15, -0.1) is 0 Å². The van der Waals surface area contributed by atoms with E-state index in [1.165, 1.54) is 12.1 Å². The van der Waals surface area contributed by atoms with Crippen molar-refractivity contribution in [1.82, 2.24) is 5.32 Å². The fourth-order valence-corrected chi connectivity index (χ4v) is 1.76. The van der Waals surface area contributed by atoms with Crippen LogP contribution in [0.2, 0.25) is 0 Å². The second-order valence-electron chi connectivity index (χ2n) is 4.23. The van der Waals surface area contributed by atoms with E-state index in [-0.39, 0.29) is 18.0 Å². The average Bonchev–Trinajstić information content (AvgIpc) is 2.38. The van der Waals surface area contributed by atoms with Crippen LogP contribution in [0.5, 0.6) is 0 Å². The molecule has 0 spiro atoms. The molecule has 1 N–H and O–H groups in total. The molecule has 1 amide bonds. The maximum atomic E-state index is 13.4. The molecule has 0 aromatic heterocycles. The number of rotatable bonds is 3. The molecule has 4 heteroatoms. The van der Waals surface area contributed by atoms with Crippen LogP contribution in [0.4, 0.5) is 8.78 Å². The van der Waals surface area contributed by atoms with Gasteiger partial charge in [0.05, 0.1) is 0 Å². The number of carbonyl (C=O) groups is 1. The van der Waals surface area contributed by atoms with Crippen molar-refractivity contribution in [2.24, 2.45) is 0 Å². The molecule has 0 heterocycles. The maximum Gasteiger partial charge on any atom is 0.251 e. The van der Waals surface area contributed by atoms with Crippen LogP contribution < -0.4 is 5.32 Å². The number of carbonyl (C=O) groups excluding carboxylic acids is 1. The molecule has 19 heavy (non-hydrogen) atoms. The Labute approximate surface area is 110 Å². The number of hydrogen-bond donors (Lipinski definition) is 1. The zero-order valence-corrected chi connectivity index (χ0v) is 10.4. The number of benzene rings is 2. The monoisotopic (exact) mass is 261 g/mol. The molecule has 0 bridgehead atoms. The van der Waals surface area contributed by atoms with E-state index in [2.05, 4.69) is 5.32 Å². The van der Waals surface area contributed by atoms with Crippen LogP contribution in [-0.2, 0) is 6.54 Å². The molecule has 0 radical (unpaired) electrons. The normalized spacial score (nSPS) is 10.3. The number of aryl methyl sites for hydroxylation is 1. The minimum Gasteiger partial charge on any atom is -0.348 e. The highest BCUT2D eigenvalue weighted by molar-refractivity contribution is 5.95. The van der Waals surface area contributed by atoms with Crippen LogP contribution >= 0.6 is 0 Å². The van der Waals surface area contributed by atoms with Crippen LogP contribution in [0.25, 0.3) is 0 Å². The quantitative estimate of drug-likeness (QED) is 0.903. The van der Waals surface area contributed by atoms with E-state index >= 15 is 0 Å². The van der Waals surface area contributed by atoms with E-state index in [1.54, 1.807) is 12.1 Å². The van der Waals surface area contributed by atoms with Crippen molar-refractivity contribution < 1.29 is 13.6 Å². The lowest BCUT2D eigenvalue weighted by atomic mass is 10.1. The van der Waals surface area contributed by atoms with Gasteiger partial charge in [-0.25, -0.2) is 8.78 Å². The highest BCUT2D eigenvalue weighted by Gasteiger charge is 2.09. The third kappa shape index (κ3) is 3.16. The molecule has 2 aromatic carbocycles. The topological polar surface area (TPSA) is 29.1 Å². The van der Waals surface area contributed by atoms with E-state index in [0.717, 1.165) is 11.6 Å². The summed E-state index contributed by atoms with van der Waals surface area (Å²) < 4.78 is 26.1. The van der Waals surface area contributed by atoms with E-state index in [4.69, 9.17) is 0 Å². The summed E-state index contributed by atoms with van der Waals surface area (Å²) in [5.41, 5.74) is 1.65. The minimum atomic E-state index is -0.662. The molecule has 0 aliphatic heterocycles. The van der Waals surface area contributed by atoms with Crippen LogP contribution in [0, 0.1) is 18.6 Å². The number of halogens is 2. The fraction of sp³-hybridized carbons (Fsp3) is 0.133. The highest BCUT2D eigenvalue weighted by Crippen LogP contribution is 2.10. The van der Waals surface area contributed by atoms with Gasteiger partial charge in [0.1, 0.15) is 11.6 Å². The second kappa shape index (κ2) is 5.61. The Morgan fingerprint density at radius 2 is 1.89 bits per heavy atom. The summed E-state index contributed by atoms with van der Waals surface area (Å²) in [6, 6.07) is 10.4. The molecule has 0 unspecified atom stereocenters. The van der Waals surface area contributed by atoms with Gasteiger partial charge in [-0.2, -0.15) is 0 Å². The summed E-state index contributed by atoms with van der Waals surface area (Å²) in [6.45, 7) is 1.85. The first-order chi connectivity index (χ1) is 9.08. The van der Waals surface area contributed by atoms with E-state index in [0.29, 0.717) is 5.56 Å². The number of hydrogen-bond acceptors (Lipinski definition) is 1. The average molecular weight is 261 g/mol. The molecule has 98 valence electrons. The van der Waals surface area contributed by atoms with Crippen LogP contribution in [-0.4, -0.2) is 5.91 Å². The van der Waals surface area contributed by atoms with Crippen molar-refractivity contribution in [1.29, 1.82) is 0 Å². The van der Waals surface area contributed by atoms with Crippen LogP contribution in [0.1, 0.15) is 21.5 Å². The lowest BCUT2D eigenvalue weighted by Crippen LogP contribution is -2.24. The molecule has 0 aliphatic rings. The Bertz CT molecular complexity index is 611. The molecule has 0 saturated heterocycles. The smallest absolute Gasteiger partial charge is 0.251 e. The van der Waals surface area contributed by atoms with E-state index in [1.807, 2.05) is 19.1 Å². The van der Waals surface area contributed by atoms with Crippen molar-refractivity contribution in [3.8, 4) is 0 Å². The molecule has 2 aromatic rings. The summed E-state index contributed by atoms with van der Waals surface area (Å²) in [7, 11) is 0. The third-order valence-electron chi connectivity index (χ3n) is 2.84. The van der Waals surface area contributed by atoms with Gasteiger partial charge in [0.15, 0.2) is 0 Å². The first-order valence-corrected chi connectivity index (χ1v) is 5.85. The first-order valence-electron chi connectivity index (χ1n) is 5.85. The Kier molecular flexibility index (Phi) is 3.90. The zero-order valence-electron chi connectivity index (χ0n) is 10.4. The van der Waals surface area contributed by atoms with Gasteiger partial charge in [-0.05, 0) is 24.6 Å². The van der Waals surface area contributed by atoms with Crippen molar-refractivity contribution in [3.05, 3.63) is 70.8 Å². The summed E-state index contributed by atoms with van der Waals surface area (Å²) in [6.07, 6.45) is 0. The largest absolute Gasteiger partial charge is 0.348 e. The molecule has 2 rings (SSSR count). The minimum absolute atomic E-state index is 0.0271. The van der Waals surface area contributed by atoms with Gasteiger partial charge in [0.2, 0.25) is 0 Å². The van der Waals surface area contributed by atoms with Crippen LogP contribution in [0.3, 0.4) is 0 Å². The van der Waals surface area contributed by atoms with Crippen molar-refractivity contribution in [3.63, 3.8) is 0 Å². The Morgan fingerprint density at radius 3 is 2.58 bits per heavy atom. The number of amides is 1. The van der Waals surface area contributed by atoms with Crippen molar-refractivity contribution in [2.45, 2.75) is 13.5 Å². The Hall–Kier alpha value is -2.23. The molecular formula is C15H13F2NO. The molecule has 0 saturated carbocycles. The summed E-state index contributed by atoms with van der Waals surface area (Å²) in [5, 5.41) is 2.61. The molecule has 0 atom stereocenters. The number of nitrogens with one attached hydrogen (secondary N) is 1. The van der Waals surface area contributed by atoms with Gasteiger partial charge in [0, 0.05) is 23.7 Å². The predicted octanol–water partition coefficient (Wildman–Crippen LogP) is 3.20. The second-order valence-corrected chi connectivity index (χ2v) is 4.23. The lowest BCUT2D eigenvalue weighted by molar-refractivity contribution is 0.0950. The highest BCUT2D eigenvalue weighted by atomic mass is 19.1. The van der Waals surface area contributed by atoms with E-state index in [9.17, 15) is 13.6 Å². The van der Waals surface area contributed by atoms with Gasteiger partial charge >= 0.3 is 0 Å². The third-order valence-corrected chi connectivity index (χ3v) is 2.84. The standard InChI is InChI=1S/C15H13F2NO/c1-10-4-2-3-5-13(10)15(19)18-9-11-6-7-12(16)8-14(11)17/h2-8H,9H2,1H3,(H,18,19). The van der Waals surface area contributed by atoms with Gasteiger partial charge in [-0.3, -0.25) is 4.79 Å². The summed E-state index contributed by atoms with van der Waals surface area (Å²) in [4.78, 5) is 11.9.